The number of para-hydroxylation sites is 1. The van der Waals surface area contributed by atoms with Gasteiger partial charge in [0.1, 0.15) is 31.0 Å². The monoisotopic (exact) mass is 837 g/mol. The summed E-state index contributed by atoms with van der Waals surface area (Å²) >= 11 is 0. The van der Waals surface area contributed by atoms with E-state index in [1.807, 2.05) is 89.2 Å². The molecule has 2 aromatic rings. The summed E-state index contributed by atoms with van der Waals surface area (Å²) < 4.78 is 39.2. The molecule has 1 aromatic carbocycles. The van der Waals surface area contributed by atoms with Crippen molar-refractivity contribution in [3.05, 3.63) is 48.2 Å². The summed E-state index contributed by atoms with van der Waals surface area (Å²) in [5, 5.41) is 25.1. The molecule has 60 heavy (non-hydrogen) atoms. The van der Waals surface area contributed by atoms with Gasteiger partial charge in [-0.25, -0.2) is 4.99 Å². The fraction of sp³-hybridized carbons (Fsp3) is 0.674. The molecule has 1 amide bonds. The first-order valence-electron chi connectivity index (χ1n) is 21.3. The van der Waals surface area contributed by atoms with Gasteiger partial charge in [0.05, 0.1) is 48.1 Å². The maximum absolute atomic E-state index is 14.4. The molecule has 3 aliphatic rings. The van der Waals surface area contributed by atoms with E-state index in [-0.39, 0.29) is 38.2 Å². The van der Waals surface area contributed by atoms with Gasteiger partial charge in [-0.05, 0) is 84.7 Å². The first-order chi connectivity index (χ1) is 28.3. The van der Waals surface area contributed by atoms with Crippen LogP contribution in [-0.2, 0) is 42.8 Å². The first-order valence-corrected chi connectivity index (χ1v) is 21.3. The van der Waals surface area contributed by atoms with Crippen LogP contribution in [-0.4, -0.2) is 138 Å². The van der Waals surface area contributed by atoms with Crippen LogP contribution in [0.25, 0.3) is 17.0 Å². The number of cyclic esters (lactones) is 1. The van der Waals surface area contributed by atoms with E-state index in [9.17, 15) is 24.6 Å². The Kier molecular flexibility index (Phi) is 16.0. The molecule has 14 heteroatoms. The molecule has 4 heterocycles. The van der Waals surface area contributed by atoms with Gasteiger partial charge in [-0.3, -0.25) is 19.4 Å². The van der Waals surface area contributed by atoms with Gasteiger partial charge in [-0.2, -0.15) is 0 Å². The second kappa shape index (κ2) is 20.1. The Morgan fingerprint density at radius 1 is 1.08 bits per heavy atom. The van der Waals surface area contributed by atoms with Crippen LogP contribution in [0.4, 0.5) is 0 Å². The van der Waals surface area contributed by atoms with Crippen molar-refractivity contribution < 1.29 is 53.0 Å². The van der Waals surface area contributed by atoms with Gasteiger partial charge in [0.15, 0.2) is 12.1 Å². The van der Waals surface area contributed by atoms with Crippen LogP contribution in [0.15, 0.2) is 47.6 Å². The standard InChI is InChI=1S/C46H67N3O11/c1-12-37-46(9,54)42-28(4)38(48-31(7)50)26(2)22-45(8,57-25-34(51)24-56-42)41(60-44-39(52)36(49(10)11)20-27(3)58-44)29(5)40(30(6)43(53)59-37)55-19-15-16-32-21-33-17-13-14-18-35(33)47-23-32/h13-18,21,23,26-30,36-37,39-42,44,52,54H,12,19-20,22,24-25H2,1-11H3/b16-15-,48-38?/t26-,27-,28-,29+,30-,36+,37+,39-,40+,41-,42+,44+,45-,46-/m1/s1. The molecule has 0 unspecified atom stereocenters. The number of pyridine rings is 1. The molecule has 3 aliphatic heterocycles. The van der Waals surface area contributed by atoms with Crippen LogP contribution < -0.4 is 0 Å². The number of hydrogen-bond acceptors (Lipinski definition) is 13. The highest BCUT2D eigenvalue weighted by Gasteiger charge is 2.53. The number of rotatable bonds is 8. The number of fused-ring (bicyclic) bond motifs is 6. The van der Waals surface area contributed by atoms with Crippen molar-refractivity contribution in [1.29, 1.82) is 0 Å². The molecule has 332 valence electrons. The molecule has 2 bridgehead atoms. The molecule has 1 aromatic heterocycles. The van der Waals surface area contributed by atoms with Gasteiger partial charge in [0, 0.05) is 42.1 Å². The summed E-state index contributed by atoms with van der Waals surface area (Å²) in [4.78, 5) is 51.9. The summed E-state index contributed by atoms with van der Waals surface area (Å²) in [5.41, 5.74) is -1.01. The molecule has 5 rings (SSSR count). The lowest BCUT2D eigenvalue weighted by atomic mass is 9.73. The number of carbonyl (C=O) groups excluding carboxylic acids is 3. The number of ether oxygens (including phenoxy) is 6. The minimum absolute atomic E-state index is 0.0820. The van der Waals surface area contributed by atoms with Crippen LogP contribution in [0.5, 0.6) is 0 Å². The van der Waals surface area contributed by atoms with Gasteiger partial charge < -0.3 is 43.5 Å². The number of carbonyl (C=O) groups is 3. The normalized spacial score (nSPS) is 38.4. The number of esters is 1. The number of aliphatic hydroxyl groups is 2. The molecule has 3 fully saturated rings. The summed E-state index contributed by atoms with van der Waals surface area (Å²) in [6, 6.07) is 9.57. The van der Waals surface area contributed by atoms with E-state index in [0.29, 0.717) is 12.1 Å². The Labute approximate surface area is 355 Å². The van der Waals surface area contributed by atoms with E-state index in [2.05, 4.69) is 9.98 Å². The van der Waals surface area contributed by atoms with Gasteiger partial charge in [0.2, 0.25) is 5.91 Å². The zero-order chi connectivity index (χ0) is 44.1. The number of benzene rings is 1. The van der Waals surface area contributed by atoms with E-state index in [4.69, 9.17) is 28.4 Å². The largest absolute Gasteiger partial charge is 0.459 e. The number of hydrogen-bond donors (Lipinski definition) is 2. The highest BCUT2D eigenvalue weighted by Crippen LogP contribution is 2.41. The summed E-state index contributed by atoms with van der Waals surface area (Å²) in [5.74, 6) is -4.29. The smallest absolute Gasteiger partial charge is 0.311 e. The zero-order valence-corrected chi connectivity index (χ0v) is 37.2. The molecular formula is C46H67N3O11. The molecule has 0 aliphatic carbocycles. The molecule has 0 saturated carbocycles. The average Bonchev–Trinajstić information content (AvgIpc) is 3.20. The second-order valence-corrected chi connectivity index (χ2v) is 17.8. The number of likely N-dealkylation sites (N-methyl/N-ethyl adjacent to an activating group) is 1. The van der Waals surface area contributed by atoms with Gasteiger partial charge >= 0.3 is 5.97 Å². The van der Waals surface area contributed by atoms with Crippen molar-refractivity contribution in [3.8, 4) is 0 Å². The highest BCUT2D eigenvalue weighted by molar-refractivity contribution is 5.98. The number of ketones is 1. The highest BCUT2D eigenvalue weighted by atomic mass is 16.7. The summed E-state index contributed by atoms with van der Waals surface area (Å²) in [7, 11) is 3.78. The number of aliphatic imine (C=N–C) groups is 1. The lowest BCUT2D eigenvalue weighted by Gasteiger charge is -2.49. The van der Waals surface area contributed by atoms with Gasteiger partial charge in [0.25, 0.3) is 0 Å². The molecule has 3 saturated heterocycles. The van der Waals surface area contributed by atoms with E-state index in [0.717, 1.165) is 16.5 Å². The number of nitrogens with zero attached hydrogens (tertiary/aromatic N) is 3. The van der Waals surface area contributed by atoms with Gasteiger partial charge in [-0.1, -0.05) is 58.0 Å². The fourth-order valence-electron chi connectivity index (χ4n) is 9.51. The van der Waals surface area contributed by atoms with Crippen LogP contribution in [0.1, 0.15) is 87.1 Å². The first kappa shape index (κ1) is 47.6. The van der Waals surface area contributed by atoms with Crippen LogP contribution in [0.2, 0.25) is 0 Å². The molecular weight excluding hydrogens is 771 g/mol. The predicted octanol–water partition coefficient (Wildman–Crippen LogP) is 5.20. The Balaban J connectivity index is 1.66. The van der Waals surface area contributed by atoms with Crippen molar-refractivity contribution in [3.63, 3.8) is 0 Å². The van der Waals surface area contributed by atoms with Crippen molar-refractivity contribution in [2.24, 2.45) is 28.7 Å². The van der Waals surface area contributed by atoms with E-state index in [1.165, 1.54) is 13.8 Å². The van der Waals surface area contributed by atoms with Gasteiger partial charge in [-0.15, -0.1) is 0 Å². The van der Waals surface area contributed by atoms with Crippen molar-refractivity contribution in [2.75, 3.05) is 33.9 Å². The Bertz CT molecular complexity index is 1870. The van der Waals surface area contributed by atoms with Crippen molar-refractivity contribution in [2.45, 2.75) is 142 Å². The van der Waals surface area contributed by atoms with Crippen LogP contribution in [0, 0.1) is 23.7 Å². The third kappa shape index (κ3) is 10.9. The lowest BCUT2D eigenvalue weighted by molar-refractivity contribution is -0.303. The SMILES string of the molecule is CC[C@@H]1OC(=O)[C@H](C)[C@@H](OC/C=C\c2cnc3ccccc3c2)[C@H](C)[C@@H](O[C@@H]2O[C@H](C)C[C@H](N(C)C)[C@H]2O)[C@@]2(C)C[C@@H](C)C(=NC(C)=O)[C@@H](C)[C@H](OCC(=O)CO2)[C@]1(C)O. The minimum Gasteiger partial charge on any atom is -0.459 e. The maximum atomic E-state index is 14.4. The molecule has 14 nitrogen and oxygen atoms in total. The van der Waals surface area contributed by atoms with E-state index < -0.39 is 96.0 Å². The summed E-state index contributed by atoms with van der Waals surface area (Å²) in [6.07, 6.45) is -0.101. The summed E-state index contributed by atoms with van der Waals surface area (Å²) in [6.45, 7) is 15.0. The Hall–Kier alpha value is -3.47. The van der Waals surface area contributed by atoms with Crippen molar-refractivity contribution in [1.82, 2.24) is 9.88 Å². The Morgan fingerprint density at radius 3 is 2.48 bits per heavy atom. The quantitative estimate of drug-likeness (QED) is 0.333. The third-order valence-corrected chi connectivity index (χ3v) is 12.6. The average molecular weight is 838 g/mol. The van der Waals surface area contributed by atoms with Crippen LogP contribution >= 0.6 is 0 Å². The van der Waals surface area contributed by atoms with Crippen molar-refractivity contribution >= 4 is 40.4 Å². The molecule has 0 spiro atoms. The second-order valence-electron chi connectivity index (χ2n) is 17.8. The van der Waals surface area contributed by atoms with Crippen LogP contribution in [0.3, 0.4) is 0 Å². The molecule has 0 radical (unpaired) electrons. The predicted molar refractivity (Wildman–Crippen MR) is 227 cm³/mol. The fourth-order valence-corrected chi connectivity index (χ4v) is 9.51. The number of Topliss-reactive ketones (excluding diaryl/α,β-unsaturated/α-hetero) is 1. The lowest BCUT2D eigenvalue weighted by Crippen LogP contribution is -2.60. The number of aromatic nitrogens is 1. The third-order valence-electron chi connectivity index (χ3n) is 12.6. The molecule has 14 atom stereocenters. The number of amides is 1. The molecule has 2 N–H and O–H groups in total. The minimum atomic E-state index is -1.83. The topological polar surface area (TPSA) is 176 Å². The van der Waals surface area contributed by atoms with E-state index in [1.54, 1.807) is 27.0 Å². The Morgan fingerprint density at radius 2 is 1.80 bits per heavy atom. The zero-order valence-electron chi connectivity index (χ0n) is 37.2. The van der Waals surface area contributed by atoms with E-state index >= 15 is 0 Å². The maximum Gasteiger partial charge on any atom is 0.311 e. The number of aliphatic hydroxyl groups excluding tert-OH is 1.